The fourth-order valence-electron chi connectivity index (χ4n) is 1.64. The van der Waals surface area contributed by atoms with E-state index in [1.54, 1.807) is 12.2 Å². The van der Waals surface area contributed by atoms with Gasteiger partial charge in [0, 0.05) is 0 Å². The Labute approximate surface area is 100 Å². The van der Waals surface area contributed by atoms with Crippen molar-refractivity contribution in [2.45, 2.75) is 63.2 Å². The lowest BCUT2D eigenvalue weighted by atomic mass is 9.99. The van der Waals surface area contributed by atoms with Gasteiger partial charge in [-0.05, 0) is 6.42 Å². The molecule has 0 nitrogen and oxygen atoms in total. The van der Waals surface area contributed by atoms with E-state index in [0.717, 1.165) is 6.42 Å². The van der Waals surface area contributed by atoms with Crippen molar-refractivity contribution in [1.82, 2.24) is 0 Å². The van der Waals surface area contributed by atoms with Crippen LogP contribution in [-0.4, -0.2) is 4.87 Å². The Morgan fingerprint density at radius 2 is 1.40 bits per heavy atom. The third-order valence-corrected chi connectivity index (χ3v) is 3.34. The molecule has 0 fully saturated rings. The van der Waals surface area contributed by atoms with E-state index in [1.807, 2.05) is 0 Å². The monoisotopic (exact) mass is 228 g/mol. The lowest BCUT2D eigenvalue weighted by molar-refractivity contribution is 0.564. The van der Waals surface area contributed by atoms with Gasteiger partial charge in [0.15, 0.2) is 0 Å². The van der Waals surface area contributed by atoms with Gasteiger partial charge in [-0.1, -0.05) is 64.0 Å². The Balaban J connectivity index is 3.37. The third-order valence-electron chi connectivity index (χ3n) is 2.84. The van der Waals surface area contributed by atoms with Crippen LogP contribution in [0.15, 0.2) is 25.3 Å². The highest BCUT2D eigenvalue weighted by molar-refractivity contribution is 6.26. The van der Waals surface area contributed by atoms with Crippen LogP contribution in [0.2, 0.25) is 0 Å². The molecule has 0 aromatic rings. The Morgan fingerprint density at radius 1 is 0.933 bits per heavy atom. The largest absolute Gasteiger partial charge is 0.110 e. The van der Waals surface area contributed by atoms with Gasteiger partial charge in [0.1, 0.15) is 0 Å². The first-order chi connectivity index (χ1) is 7.18. The first-order valence-corrected chi connectivity index (χ1v) is 6.52. The van der Waals surface area contributed by atoms with Crippen molar-refractivity contribution in [3.8, 4) is 0 Å². The summed E-state index contributed by atoms with van der Waals surface area (Å²) in [5.41, 5.74) is 0. The Kier molecular flexibility index (Phi) is 8.89. The molecule has 0 unspecified atom stereocenters. The molecule has 0 aliphatic heterocycles. The van der Waals surface area contributed by atoms with Gasteiger partial charge in [-0.15, -0.1) is 24.8 Å². The molecule has 0 bridgehead atoms. The van der Waals surface area contributed by atoms with E-state index >= 15 is 0 Å². The van der Waals surface area contributed by atoms with Crippen molar-refractivity contribution >= 4 is 11.6 Å². The van der Waals surface area contributed by atoms with Crippen molar-refractivity contribution in [2.24, 2.45) is 0 Å². The highest BCUT2D eigenvalue weighted by atomic mass is 35.5. The lowest BCUT2D eigenvalue weighted by Gasteiger charge is -2.17. The number of alkyl halides is 1. The second-order valence-corrected chi connectivity index (χ2v) is 4.91. The van der Waals surface area contributed by atoms with E-state index in [-0.39, 0.29) is 4.87 Å². The zero-order valence-corrected chi connectivity index (χ0v) is 10.9. The van der Waals surface area contributed by atoms with Crippen molar-refractivity contribution in [3.05, 3.63) is 25.3 Å². The van der Waals surface area contributed by atoms with E-state index in [1.165, 1.54) is 44.9 Å². The number of hydrogen-bond donors (Lipinski definition) is 0. The fourth-order valence-corrected chi connectivity index (χ4v) is 1.77. The van der Waals surface area contributed by atoms with Crippen LogP contribution in [0.4, 0.5) is 0 Å². The van der Waals surface area contributed by atoms with Gasteiger partial charge in [0.25, 0.3) is 0 Å². The zero-order valence-electron chi connectivity index (χ0n) is 10.1. The predicted molar refractivity (Wildman–Crippen MR) is 71.6 cm³/mol. The molecule has 0 radical (unpaired) electrons. The third kappa shape index (κ3) is 7.67. The van der Waals surface area contributed by atoms with Gasteiger partial charge in [-0.3, -0.25) is 0 Å². The SMILES string of the molecule is C=CC(Cl)(C=C)CCCCCCCCC. The van der Waals surface area contributed by atoms with E-state index in [9.17, 15) is 0 Å². The van der Waals surface area contributed by atoms with E-state index < -0.39 is 0 Å². The minimum Gasteiger partial charge on any atom is -0.110 e. The zero-order chi connectivity index (χ0) is 11.6. The van der Waals surface area contributed by atoms with Crippen LogP contribution in [0, 0.1) is 0 Å². The van der Waals surface area contributed by atoms with Gasteiger partial charge < -0.3 is 0 Å². The molecule has 0 amide bonds. The summed E-state index contributed by atoms with van der Waals surface area (Å²) in [4.78, 5) is -0.372. The van der Waals surface area contributed by atoms with Gasteiger partial charge in [0.05, 0.1) is 4.87 Å². The summed E-state index contributed by atoms with van der Waals surface area (Å²) in [7, 11) is 0. The minimum atomic E-state index is -0.372. The molecule has 0 aliphatic carbocycles. The molecule has 1 heteroatoms. The van der Waals surface area contributed by atoms with Crippen LogP contribution in [0.1, 0.15) is 58.3 Å². The van der Waals surface area contributed by atoms with Crippen molar-refractivity contribution < 1.29 is 0 Å². The summed E-state index contributed by atoms with van der Waals surface area (Å²) in [6.07, 6.45) is 13.8. The van der Waals surface area contributed by atoms with Crippen molar-refractivity contribution in [2.75, 3.05) is 0 Å². The second-order valence-electron chi connectivity index (χ2n) is 4.21. The van der Waals surface area contributed by atoms with Crippen LogP contribution in [-0.2, 0) is 0 Å². The standard InChI is InChI=1S/C14H25Cl/c1-4-7-8-9-10-11-12-13-14(15,5-2)6-3/h5-6H,2-4,7-13H2,1H3. The van der Waals surface area contributed by atoms with Crippen LogP contribution < -0.4 is 0 Å². The second kappa shape index (κ2) is 9.03. The Bertz CT molecular complexity index is 164. The molecule has 0 aromatic heterocycles. The van der Waals surface area contributed by atoms with Crippen LogP contribution >= 0.6 is 11.6 Å². The van der Waals surface area contributed by atoms with Crippen LogP contribution in [0.25, 0.3) is 0 Å². The maximum atomic E-state index is 6.23. The van der Waals surface area contributed by atoms with Gasteiger partial charge in [0.2, 0.25) is 0 Å². The Hall–Kier alpha value is -0.230. The highest BCUT2D eigenvalue weighted by Crippen LogP contribution is 2.25. The fraction of sp³-hybridized carbons (Fsp3) is 0.714. The quantitative estimate of drug-likeness (QED) is 0.264. The van der Waals surface area contributed by atoms with Crippen LogP contribution in [0.3, 0.4) is 0 Å². The summed E-state index contributed by atoms with van der Waals surface area (Å²) in [6.45, 7) is 9.73. The minimum absolute atomic E-state index is 0.372. The molecular formula is C14H25Cl. The van der Waals surface area contributed by atoms with Gasteiger partial charge in [-0.25, -0.2) is 0 Å². The molecule has 0 aromatic carbocycles. The summed E-state index contributed by atoms with van der Waals surface area (Å²) in [6, 6.07) is 0. The molecule has 15 heavy (non-hydrogen) atoms. The summed E-state index contributed by atoms with van der Waals surface area (Å²) < 4.78 is 0. The molecule has 0 rings (SSSR count). The summed E-state index contributed by atoms with van der Waals surface area (Å²) >= 11 is 6.23. The summed E-state index contributed by atoms with van der Waals surface area (Å²) in [5, 5.41) is 0. The lowest BCUT2D eigenvalue weighted by Crippen LogP contribution is -2.13. The van der Waals surface area contributed by atoms with Crippen LogP contribution in [0.5, 0.6) is 0 Å². The maximum absolute atomic E-state index is 6.23. The topological polar surface area (TPSA) is 0 Å². The molecule has 0 saturated carbocycles. The first-order valence-electron chi connectivity index (χ1n) is 6.14. The number of halogens is 1. The highest BCUT2D eigenvalue weighted by Gasteiger charge is 2.17. The van der Waals surface area contributed by atoms with Crippen molar-refractivity contribution in [3.63, 3.8) is 0 Å². The molecule has 0 heterocycles. The van der Waals surface area contributed by atoms with Gasteiger partial charge >= 0.3 is 0 Å². The normalized spacial score (nSPS) is 11.3. The molecule has 88 valence electrons. The van der Waals surface area contributed by atoms with E-state index in [2.05, 4.69) is 20.1 Å². The molecule has 0 atom stereocenters. The first kappa shape index (κ1) is 14.8. The molecule has 0 saturated heterocycles. The Morgan fingerprint density at radius 3 is 1.87 bits per heavy atom. The average molecular weight is 229 g/mol. The number of unbranched alkanes of at least 4 members (excludes halogenated alkanes) is 6. The van der Waals surface area contributed by atoms with Crippen molar-refractivity contribution in [1.29, 1.82) is 0 Å². The maximum Gasteiger partial charge on any atom is 0.0800 e. The number of rotatable bonds is 10. The van der Waals surface area contributed by atoms with E-state index in [4.69, 9.17) is 11.6 Å². The van der Waals surface area contributed by atoms with E-state index in [0.29, 0.717) is 0 Å². The smallest absolute Gasteiger partial charge is 0.0800 e. The molecule has 0 N–H and O–H groups in total. The summed E-state index contributed by atoms with van der Waals surface area (Å²) in [5.74, 6) is 0. The number of hydrogen-bond acceptors (Lipinski definition) is 0. The molecule has 0 spiro atoms. The number of allylic oxidation sites excluding steroid dienone is 2. The van der Waals surface area contributed by atoms with Gasteiger partial charge in [-0.2, -0.15) is 0 Å². The average Bonchev–Trinajstić information content (AvgIpc) is 2.27. The predicted octanol–water partition coefficient (Wildman–Crippen LogP) is 5.48. The molecular weight excluding hydrogens is 204 g/mol. The molecule has 0 aliphatic rings.